The first-order valence-electron chi connectivity index (χ1n) is 9.62. The van der Waals surface area contributed by atoms with E-state index in [9.17, 15) is 13.2 Å². The van der Waals surface area contributed by atoms with Gasteiger partial charge in [0, 0.05) is 13.7 Å². The number of aliphatic imine (C=N–C) groups is 1. The quantitative estimate of drug-likeness (QED) is 0.517. The topological polar surface area (TPSA) is 42.9 Å². The minimum Gasteiger partial charge on any atom is -0.490 e. The number of amidine groups is 1. The summed E-state index contributed by atoms with van der Waals surface area (Å²) in [4.78, 5) is 4.47. The summed E-state index contributed by atoms with van der Waals surface area (Å²) in [5, 5.41) is 4.92. The van der Waals surface area contributed by atoms with E-state index in [-0.39, 0.29) is 18.0 Å². The Balaban J connectivity index is 0.00000272. The van der Waals surface area contributed by atoms with Crippen molar-refractivity contribution in [3.8, 4) is 16.9 Å². The number of alkyl halides is 3. The average molecular weight is 451 g/mol. The molecule has 0 atom stereocenters. The highest BCUT2D eigenvalue weighted by atomic mass is 35.5. The zero-order valence-electron chi connectivity index (χ0n) is 16.8. The van der Waals surface area contributed by atoms with E-state index in [0.29, 0.717) is 31.1 Å². The molecule has 4 rings (SSSR count). The lowest BCUT2D eigenvalue weighted by Gasteiger charge is -2.15. The second kappa shape index (κ2) is 9.58. The average Bonchev–Trinajstić information content (AvgIpc) is 3.27. The summed E-state index contributed by atoms with van der Waals surface area (Å²) in [5.41, 5.74) is 0.809. The van der Waals surface area contributed by atoms with Gasteiger partial charge in [-0.05, 0) is 46.2 Å². The Morgan fingerprint density at radius 2 is 1.77 bits per heavy atom. The molecule has 0 amide bonds. The second-order valence-electron chi connectivity index (χ2n) is 6.95. The van der Waals surface area contributed by atoms with Crippen LogP contribution in [0.2, 0.25) is 0 Å². The van der Waals surface area contributed by atoms with E-state index in [1.807, 2.05) is 18.2 Å². The first kappa shape index (κ1) is 22.9. The van der Waals surface area contributed by atoms with Crippen molar-refractivity contribution in [2.45, 2.75) is 6.18 Å². The molecule has 3 aromatic carbocycles. The number of hydrogen-bond donors (Lipinski definition) is 1. The molecule has 0 spiro atoms. The van der Waals surface area contributed by atoms with Crippen LogP contribution in [-0.2, 0) is 10.9 Å². The van der Waals surface area contributed by atoms with Crippen molar-refractivity contribution in [1.82, 2.24) is 5.32 Å². The monoisotopic (exact) mass is 450 g/mol. The zero-order chi connectivity index (χ0) is 21.1. The summed E-state index contributed by atoms with van der Waals surface area (Å²) < 4.78 is 51.3. The summed E-state index contributed by atoms with van der Waals surface area (Å²) in [5.74, 6) is 1.39. The fourth-order valence-electron chi connectivity index (χ4n) is 3.54. The molecule has 1 heterocycles. The Kier molecular flexibility index (Phi) is 7.08. The van der Waals surface area contributed by atoms with Crippen molar-refractivity contribution in [2.24, 2.45) is 4.99 Å². The molecule has 0 saturated carbocycles. The lowest BCUT2D eigenvalue weighted by Crippen LogP contribution is -2.20. The number of rotatable bonds is 6. The summed E-state index contributed by atoms with van der Waals surface area (Å²) in [6, 6.07) is 14.7. The van der Waals surface area contributed by atoms with Gasteiger partial charge >= 0.3 is 6.18 Å². The molecule has 0 saturated heterocycles. The molecule has 1 aliphatic rings. The molecule has 0 fully saturated rings. The van der Waals surface area contributed by atoms with Crippen LogP contribution in [0.15, 0.2) is 59.6 Å². The molecule has 0 aromatic heterocycles. The normalized spacial score (nSPS) is 13.5. The number of nitrogens with zero attached hydrogens (tertiary/aromatic N) is 1. The molecular formula is C23H22ClF3N2O2. The van der Waals surface area contributed by atoms with Crippen LogP contribution < -0.4 is 10.1 Å². The van der Waals surface area contributed by atoms with E-state index in [2.05, 4.69) is 10.3 Å². The Morgan fingerprint density at radius 3 is 2.48 bits per heavy atom. The second-order valence-corrected chi connectivity index (χ2v) is 6.95. The van der Waals surface area contributed by atoms with E-state index >= 15 is 0 Å². The molecule has 1 N–H and O–H groups in total. The van der Waals surface area contributed by atoms with Crippen molar-refractivity contribution >= 4 is 29.0 Å². The van der Waals surface area contributed by atoms with Gasteiger partial charge in [-0.3, -0.25) is 4.99 Å². The number of benzene rings is 3. The zero-order valence-corrected chi connectivity index (χ0v) is 17.6. The highest BCUT2D eigenvalue weighted by Gasteiger charge is 2.33. The third-order valence-electron chi connectivity index (χ3n) is 4.96. The number of ether oxygens (including phenoxy) is 2. The van der Waals surface area contributed by atoms with Gasteiger partial charge < -0.3 is 14.8 Å². The van der Waals surface area contributed by atoms with Crippen molar-refractivity contribution < 1.29 is 22.6 Å². The van der Waals surface area contributed by atoms with Crippen LogP contribution in [0.25, 0.3) is 21.9 Å². The first-order valence-corrected chi connectivity index (χ1v) is 9.62. The number of fused-ring (bicyclic) bond motifs is 1. The molecule has 3 aromatic rings. The smallest absolute Gasteiger partial charge is 0.417 e. The summed E-state index contributed by atoms with van der Waals surface area (Å²) >= 11 is 0. The minimum atomic E-state index is -4.42. The van der Waals surface area contributed by atoms with E-state index in [1.165, 1.54) is 12.1 Å². The van der Waals surface area contributed by atoms with Crippen molar-refractivity contribution in [3.05, 3.63) is 65.7 Å². The third-order valence-corrected chi connectivity index (χ3v) is 4.96. The fraction of sp³-hybridized carbons (Fsp3) is 0.261. The highest BCUT2D eigenvalue weighted by Crippen LogP contribution is 2.38. The maximum atomic E-state index is 13.5. The van der Waals surface area contributed by atoms with Crippen LogP contribution in [0.4, 0.5) is 13.2 Å². The van der Waals surface area contributed by atoms with Crippen LogP contribution in [0.1, 0.15) is 11.1 Å². The molecule has 8 heteroatoms. The largest absolute Gasteiger partial charge is 0.490 e. The van der Waals surface area contributed by atoms with Gasteiger partial charge in [0.05, 0.1) is 24.3 Å². The fourth-order valence-corrected chi connectivity index (χ4v) is 3.54. The molecule has 0 unspecified atom stereocenters. The summed E-state index contributed by atoms with van der Waals surface area (Å²) in [6.07, 6.45) is -4.42. The van der Waals surface area contributed by atoms with Gasteiger partial charge in [0.2, 0.25) is 0 Å². The number of hydrogen-bond acceptors (Lipinski definition) is 4. The SMILES string of the molecule is COCCOc1cc2ccc(-c3ccccc3C(F)(F)F)cc2cc1C1=NCCN1.Cl. The molecule has 164 valence electrons. The molecule has 4 nitrogen and oxygen atoms in total. The molecule has 31 heavy (non-hydrogen) atoms. The van der Waals surface area contributed by atoms with Crippen LogP contribution >= 0.6 is 12.4 Å². The number of nitrogens with one attached hydrogen (secondary N) is 1. The third kappa shape index (κ3) is 4.94. The predicted molar refractivity (Wildman–Crippen MR) is 118 cm³/mol. The van der Waals surface area contributed by atoms with Gasteiger partial charge in [0.1, 0.15) is 18.2 Å². The summed E-state index contributed by atoms with van der Waals surface area (Å²) in [6.45, 7) is 2.25. The van der Waals surface area contributed by atoms with Crippen molar-refractivity contribution in [3.63, 3.8) is 0 Å². The van der Waals surface area contributed by atoms with Gasteiger partial charge in [-0.15, -0.1) is 12.4 Å². The summed E-state index contributed by atoms with van der Waals surface area (Å²) in [7, 11) is 1.60. The first-order chi connectivity index (χ1) is 14.5. The van der Waals surface area contributed by atoms with Gasteiger partial charge in [-0.2, -0.15) is 13.2 Å². The van der Waals surface area contributed by atoms with E-state index < -0.39 is 11.7 Å². The Labute approximate surface area is 184 Å². The van der Waals surface area contributed by atoms with Crippen LogP contribution in [0.3, 0.4) is 0 Å². The lowest BCUT2D eigenvalue weighted by atomic mass is 9.95. The predicted octanol–water partition coefficient (Wildman–Crippen LogP) is 5.32. The molecule has 0 radical (unpaired) electrons. The van der Waals surface area contributed by atoms with Crippen LogP contribution in [0, 0.1) is 0 Å². The van der Waals surface area contributed by atoms with E-state index in [4.69, 9.17) is 9.47 Å². The van der Waals surface area contributed by atoms with E-state index in [0.717, 1.165) is 34.8 Å². The van der Waals surface area contributed by atoms with Crippen molar-refractivity contribution in [2.75, 3.05) is 33.4 Å². The van der Waals surface area contributed by atoms with Gasteiger partial charge in [0.25, 0.3) is 0 Å². The minimum absolute atomic E-state index is 0. The maximum Gasteiger partial charge on any atom is 0.417 e. The van der Waals surface area contributed by atoms with Crippen LogP contribution in [-0.4, -0.2) is 39.2 Å². The van der Waals surface area contributed by atoms with Crippen molar-refractivity contribution in [1.29, 1.82) is 0 Å². The molecule has 0 bridgehead atoms. The van der Waals surface area contributed by atoms with Gasteiger partial charge in [0.15, 0.2) is 0 Å². The lowest BCUT2D eigenvalue weighted by molar-refractivity contribution is -0.137. The number of halogens is 4. The van der Waals surface area contributed by atoms with Crippen LogP contribution in [0.5, 0.6) is 5.75 Å². The maximum absolute atomic E-state index is 13.5. The van der Waals surface area contributed by atoms with Gasteiger partial charge in [-0.1, -0.05) is 30.3 Å². The Hall–Kier alpha value is -2.77. The Morgan fingerprint density at radius 1 is 0.968 bits per heavy atom. The standard InChI is InChI=1S/C23H21F3N2O2.ClH/c1-29-10-11-30-21-14-15-6-7-16(18-4-2-3-5-20(18)23(24,25)26)12-17(15)13-19(21)22-27-8-9-28-22;/h2-7,12-14H,8-11H2,1H3,(H,27,28);1H. The van der Waals surface area contributed by atoms with Gasteiger partial charge in [-0.25, -0.2) is 0 Å². The van der Waals surface area contributed by atoms with E-state index in [1.54, 1.807) is 25.3 Å². The molecular weight excluding hydrogens is 429 g/mol. The number of methoxy groups -OCH3 is 1. The molecule has 1 aliphatic heterocycles. The highest BCUT2D eigenvalue weighted by molar-refractivity contribution is 6.06. The molecule has 0 aliphatic carbocycles. The Bertz CT molecular complexity index is 1100.